The van der Waals surface area contributed by atoms with Gasteiger partial charge in [0.05, 0.1) is 11.0 Å². The SMILES string of the molecule is CC1(C)c2ccccc2-c2cc(N(c3ccc(-c4ccccc4)cc3)c3cccc(-c4ccc5c6ccccc6n(-c6ccccc6)c5c4)c3)ccc21. The summed E-state index contributed by atoms with van der Waals surface area (Å²) >= 11 is 0. The lowest BCUT2D eigenvalue weighted by atomic mass is 9.82. The maximum atomic E-state index is 2.41. The molecule has 252 valence electrons. The highest BCUT2D eigenvalue weighted by atomic mass is 15.1. The fraction of sp³-hybridized carbons (Fsp3) is 0.0588. The highest BCUT2D eigenvalue weighted by molar-refractivity contribution is 6.10. The van der Waals surface area contributed by atoms with Crippen LogP contribution in [0.25, 0.3) is 60.9 Å². The molecule has 0 atom stereocenters. The number of nitrogens with zero attached hydrogens (tertiary/aromatic N) is 2. The summed E-state index contributed by atoms with van der Waals surface area (Å²) in [4.78, 5) is 2.41. The van der Waals surface area contributed by atoms with Gasteiger partial charge in [0.2, 0.25) is 0 Å². The average molecular weight is 679 g/mol. The van der Waals surface area contributed by atoms with Crippen molar-refractivity contribution < 1.29 is 0 Å². The first-order chi connectivity index (χ1) is 26.0. The summed E-state index contributed by atoms with van der Waals surface area (Å²) in [5.74, 6) is 0. The zero-order valence-corrected chi connectivity index (χ0v) is 29.9. The summed E-state index contributed by atoms with van der Waals surface area (Å²) in [7, 11) is 0. The van der Waals surface area contributed by atoms with Gasteiger partial charge in [0, 0.05) is 38.9 Å². The minimum atomic E-state index is -0.0482. The van der Waals surface area contributed by atoms with Crippen molar-refractivity contribution >= 4 is 38.9 Å². The predicted molar refractivity (Wildman–Crippen MR) is 224 cm³/mol. The van der Waals surface area contributed by atoms with Crippen LogP contribution < -0.4 is 4.90 Å². The molecule has 10 rings (SSSR count). The average Bonchev–Trinajstić information content (AvgIpc) is 3.67. The van der Waals surface area contributed by atoms with Gasteiger partial charge in [-0.3, -0.25) is 0 Å². The molecule has 0 radical (unpaired) electrons. The molecule has 0 N–H and O–H groups in total. The largest absolute Gasteiger partial charge is 0.310 e. The minimum Gasteiger partial charge on any atom is -0.310 e. The van der Waals surface area contributed by atoms with E-state index in [4.69, 9.17) is 0 Å². The molecule has 0 saturated heterocycles. The van der Waals surface area contributed by atoms with Crippen LogP contribution in [0.4, 0.5) is 17.1 Å². The number of hydrogen-bond acceptors (Lipinski definition) is 1. The van der Waals surface area contributed by atoms with Gasteiger partial charge in [-0.2, -0.15) is 0 Å². The molecule has 9 aromatic rings. The quantitative estimate of drug-likeness (QED) is 0.170. The van der Waals surface area contributed by atoms with Crippen LogP contribution in [-0.2, 0) is 5.41 Å². The van der Waals surface area contributed by atoms with E-state index in [0.717, 1.165) is 22.7 Å². The molecule has 0 saturated carbocycles. The molecule has 0 unspecified atom stereocenters. The first-order valence-corrected chi connectivity index (χ1v) is 18.4. The van der Waals surface area contributed by atoms with Crippen molar-refractivity contribution in [3.05, 3.63) is 205 Å². The van der Waals surface area contributed by atoms with E-state index in [9.17, 15) is 0 Å². The lowest BCUT2D eigenvalue weighted by molar-refractivity contribution is 0.660. The Morgan fingerprint density at radius 3 is 1.79 bits per heavy atom. The van der Waals surface area contributed by atoms with Crippen LogP contribution in [0.15, 0.2) is 194 Å². The van der Waals surface area contributed by atoms with Crippen molar-refractivity contribution in [1.82, 2.24) is 4.57 Å². The molecule has 0 amide bonds. The van der Waals surface area contributed by atoms with Gasteiger partial charge in [0.25, 0.3) is 0 Å². The summed E-state index contributed by atoms with van der Waals surface area (Å²) in [5, 5.41) is 2.52. The molecule has 1 aliphatic carbocycles. The summed E-state index contributed by atoms with van der Waals surface area (Å²) < 4.78 is 2.39. The Kier molecular flexibility index (Phi) is 7.19. The van der Waals surface area contributed by atoms with Crippen LogP contribution in [0.3, 0.4) is 0 Å². The Morgan fingerprint density at radius 2 is 0.962 bits per heavy atom. The molecule has 0 spiro atoms. The molecule has 53 heavy (non-hydrogen) atoms. The third-order valence-corrected chi connectivity index (χ3v) is 11.2. The first kappa shape index (κ1) is 31.1. The van der Waals surface area contributed by atoms with Crippen molar-refractivity contribution in [3.8, 4) is 39.1 Å². The zero-order valence-electron chi connectivity index (χ0n) is 29.9. The molecule has 8 aromatic carbocycles. The Balaban J connectivity index is 1.13. The molecule has 1 aromatic heterocycles. The number of fused-ring (bicyclic) bond motifs is 6. The maximum Gasteiger partial charge on any atom is 0.0547 e. The smallest absolute Gasteiger partial charge is 0.0547 e. The van der Waals surface area contributed by atoms with Gasteiger partial charge < -0.3 is 9.47 Å². The van der Waals surface area contributed by atoms with Crippen molar-refractivity contribution in [3.63, 3.8) is 0 Å². The fourth-order valence-electron chi connectivity index (χ4n) is 8.56. The highest BCUT2D eigenvalue weighted by Gasteiger charge is 2.35. The maximum absolute atomic E-state index is 2.41. The number of aromatic nitrogens is 1. The van der Waals surface area contributed by atoms with Gasteiger partial charge in [-0.25, -0.2) is 0 Å². The van der Waals surface area contributed by atoms with Gasteiger partial charge >= 0.3 is 0 Å². The second-order valence-corrected chi connectivity index (χ2v) is 14.6. The van der Waals surface area contributed by atoms with Crippen LogP contribution in [0.2, 0.25) is 0 Å². The molecule has 1 aliphatic rings. The minimum absolute atomic E-state index is 0.0482. The Morgan fingerprint density at radius 1 is 0.377 bits per heavy atom. The Labute approximate surface area is 310 Å². The Bertz CT molecular complexity index is 2790. The topological polar surface area (TPSA) is 8.17 Å². The van der Waals surface area contributed by atoms with E-state index in [1.807, 2.05) is 0 Å². The lowest BCUT2D eigenvalue weighted by Gasteiger charge is -2.28. The summed E-state index contributed by atoms with van der Waals surface area (Å²) in [6, 6.07) is 70.8. The van der Waals surface area contributed by atoms with Crippen molar-refractivity contribution in [2.45, 2.75) is 19.3 Å². The number of anilines is 3. The van der Waals surface area contributed by atoms with E-state index in [1.165, 1.54) is 66.3 Å². The molecule has 0 bridgehead atoms. The number of hydrogen-bond donors (Lipinski definition) is 0. The van der Waals surface area contributed by atoms with E-state index < -0.39 is 0 Å². The monoisotopic (exact) mass is 678 g/mol. The van der Waals surface area contributed by atoms with Crippen LogP contribution in [0.5, 0.6) is 0 Å². The van der Waals surface area contributed by atoms with Crippen molar-refractivity contribution in [2.75, 3.05) is 4.90 Å². The fourth-order valence-corrected chi connectivity index (χ4v) is 8.56. The summed E-state index contributed by atoms with van der Waals surface area (Å²) in [6.07, 6.45) is 0. The predicted octanol–water partition coefficient (Wildman–Crippen LogP) is 13.9. The van der Waals surface area contributed by atoms with Crippen molar-refractivity contribution in [2.24, 2.45) is 0 Å². The van der Waals surface area contributed by atoms with Crippen LogP contribution >= 0.6 is 0 Å². The molecule has 0 aliphatic heterocycles. The van der Waals surface area contributed by atoms with Gasteiger partial charge in [0.1, 0.15) is 0 Å². The van der Waals surface area contributed by atoms with E-state index in [1.54, 1.807) is 0 Å². The standard InChI is InChI=1S/C51H38N2/c1-51(2)47-22-11-9-20-43(47)46-34-42(29-31-48(46)51)52(40-27-24-36(25-28-40)35-14-5-3-6-15-35)41-19-13-16-37(32-41)38-26-30-45-44-21-10-12-23-49(44)53(50(45)33-38)39-17-7-4-8-18-39/h3-34H,1-2H3. The van der Waals surface area contributed by atoms with Crippen LogP contribution in [-0.4, -0.2) is 4.57 Å². The third-order valence-electron chi connectivity index (χ3n) is 11.2. The van der Waals surface area contributed by atoms with Crippen LogP contribution in [0.1, 0.15) is 25.0 Å². The lowest BCUT2D eigenvalue weighted by Crippen LogP contribution is -2.15. The first-order valence-electron chi connectivity index (χ1n) is 18.4. The summed E-state index contributed by atoms with van der Waals surface area (Å²) in [6.45, 7) is 4.68. The van der Waals surface area contributed by atoms with E-state index >= 15 is 0 Å². The number of para-hydroxylation sites is 2. The highest BCUT2D eigenvalue weighted by Crippen LogP contribution is 2.50. The van der Waals surface area contributed by atoms with Crippen LogP contribution in [0, 0.1) is 0 Å². The molecule has 1 heterocycles. The van der Waals surface area contributed by atoms with E-state index in [0.29, 0.717) is 0 Å². The van der Waals surface area contributed by atoms with E-state index in [2.05, 4.69) is 217 Å². The van der Waals surface area contributed by atoms with Gasteiger partial charge in [-0.05, 0) is 105 Å². The third kappa shape index (κ3) is 5.10. The van der Waals surface area contributed by atoms with Gasteiger partial charge in [-0.15, -0.1) is 0 Å². The Hall–Kier alpha value is -6.64. The molecule has 2 heteroatoms. The summed E-state index contributed by atoms with van der Waals surface area (Å²) in [5.41, 5.74) is 17.1. The second-order valence-electron chi connectivity index (χ2n) is 14.6. The molecular weight excluding hydrogens is 641 g/mol. The van der Waals surface area contributed by atoms with Crippen molar-refractivity contribution in [1.29, 1.82) is 0 Å². The number of rotatable bonds is 6. The van der Waals surface area contributed by atoms with Gasteiger partial charge in [-0.1, -0.05) is 147 Å². The van der Waals surface area contributed by atoms with Gasteiger partial charge in [0.15, 0.2) is 0 Å². The zero-order chi connectivity index (χ0) is 35.5. The molecular formula is C51H38N2. The van der Waals surface area contributed by atoms with E-state index in [-0.39, 0.29) is 5.41 Å². The molecule has 2 nitrogen and oxygen atoms in total. The number of benzene rings is 8. The normalized spacial score (nSPS) is 12.9. The second kappa shape index (κ2) is 12.3. The molecule has 0 fully saturated rings.